The van der Waals surface area contributed by atoms with Crippen molar-refractivity contribution >= 4 is 11.8 Å². The maximum atomic E-state index is 5.37. The van der Waals surface area contributed by atoms with Crippen molar-refractivity contribution in [3.05, 3.63) is 11.8 Å². The average Bonchev–Trinajstić information content (AvgIpc) is 2.50. The molecule has 0 unspecified atom stereocenters. The smallest absolute Gasteiger partial charge is 0.230 e. The lowest BCUT2D eigenvalue weighted by Gasteiger charge is -2.03. The lowest BCUT2D eigenvalue weighted by molar-refractivity contribution is 0.432. The molecule has 1 aromatic heterocycles. The number of nitrogens with zero attached hydrogens (tertiary/aromatic N) is 2. The quantitative estimate of drug-likeness (QED) is 0.781. The highest BCUT2D eigenvalue weighted by Gasteiger charge is 2.04. The van der Waals surface area contributed by atoms with Crippen molar-refractivity contribution in [2.24, 2.45) is 0 Å². The molecule has 74 valence electrons. The van der Waals surface area contributed by atoms with Crippen LogP contribution in [0.1, 0.15) is 25.6 Å². The summed E-state index contributed by atoms with van der Waals surface area (Å²) in [5.74, 6) is 2.15. The first-order valence-electron chi connectivity index (χ1n) is 4.26. The highest BCUT2D eigenvalue weighted by Crippen LogP contribution is 2.07. The van der Waals surface area contributed by atoms with Gasteiger partial charge >= 0.3 is 0 Å². The monoisotopic (exact) mass is 201 g/mol. The molecule has 0 amide bonds. The number of aromatic nitrogens is 2. The van der Waals surface area contributed by atoms with E-state index >= 15 is 0 Å². The number of nitrogens with one attached hydrogen (secondary N) is 1. The van der Waals surface area contributed by atoms with Gasteiger partial charge in [0.05, 0.1) is 12.3 Å². The zero-order valence-corrected chi connectivity index (χ0v) is 9.02. The second kappa shape index (κ2) is 5.24. The Hall–Kier alpha value is -0.550. The highest BCUT2D eigenvalue weighted by atomic mass is 32.2. The second-order valence-corrected chi connectivity index (χ2v) is 3.92. The first-order chi connectivity index (χ1) is 6.22. The van der Waals surface area contributed by atoms with Crippen molar-refractivity contribution < 1.29 is 4.42 Å². The van der Waals surface area contributed by atoms with E-state index in [0.29, 0.717) is 24.4 Å². The Morgan fingerprint density at radius 3 is 2.69 bits per heavy atom. The molecule has 0 radical (unpaired) electrons. The fourth-order valence-corrected chi connectivity index (χ4v) is 1.20. The molecule has 0 aromatic carbocycles. The molecule has 13 heavy (non-hydrogen) atoms. The van der Waals surface area contributed by atoms with Crippen LogP contribution in [-0.4, -0.2) is 22.5 Å². The molecule has 0 aliphatic carbocycles. The van der Waals surface area contributed by atoms with Crippen LogP contribution >= 0.6 is 11.8 Å². The summed E-state index contributed by atoms with van der Waals surface area (Å²) in [4.78, 5) is 0. The summed E-state index contributed by atoms with van der Waals surface area (Å²) < 4.78 is 5.37. The third-order valence-corrected chi connectivity index (χ3v) is 1.97. The molecule has 1 heterocycles. The standard InChI is InChI=1S/C8H15N3OS/c1-6(2)9-4-7-10-11-8(12-7)5-13-3/h6,9H,4-5H2,1-3H3. The van der Waals surface area contributed by atoms with Crippen LogP contribution in [0.4, 0.5) is 0 Å². The Labute approximate surface area is 82.5 Å². The number of rotatable bonds is 5. The van der Waals surface area contributed by atoms with Gasteiger partial charge in [-0.2, -0.15) is 11.8 Å². The maximum Gasteiger partial charge on any atom is 0.230 e. The van der Waals surface area contributed by atoms with Crippen LogP contribution in [0.2, 0.25) is 0 Å². The molecule has 5 heteroatoms. The van der Waals surface area contributed by atoms with Crippen LogP contribution < -0.4 is 5.32 Å². The van der Waals surface area contributed by atoms with Gasteiger partial charge in [-0.15, -0.1) is 10.2 Å². The molecular weight excluding hydrogens is 186 g/mol. The fraction of sp³-hybridized carbons (Fsp3) is 0.750. The summed E-state index contributed by atoms with van der Waals surface area (Å²) in [7, 11) is 0. The van der Waals surface area contributed by atoms with Crippen LogP contribution in [0.5, 0.6) is 0 Å². The third kappa shape index (κ3) is 3.78. The minimum atomic E-state index is 0.441. The van der Waals surface area contributed by atoms with E-state index in [-0.39, 0.29) is 0 Å². The summed E-state index contributed by atoms with van der Waals surface area (Å²) >= 11 is 1.68. The van der Waals surface area contributed by atoms with Crippen molar-refractivity contribution in [1.82, 2.24) is 15.5 Å². The van der Waals surface area contributed by atoms with E-state index < -0.39 is 0 Å². The van der Waals surface area contributed by atoms with Crippen molar-refractivity contribution in [1.29, 1.82) is 0 Å². The number of hydrogen-bond acceptors (Lipinski definition) is 5. The summed E-state index contributed by atoms with van der Waals surface area (Å²) in [6.07, 6.45) is 2.01. The zero-order valence-electron chi connectivity index (χ0n) is 8.20. The largest absolute Gasteiger partial charge is 0.423 e. The Bertz CT molecular complexity index is 249. The Morgan fingerprint density at radius 1 is 1.38 bits per heavy atom. The van der Waals surface area contributed by atoms with Gasteiger partial charge < -0.3 is 9.73 Å². The van der Waals surface area contributed by atoms with Crippen LogP contribution in [-0.2, 0) is 12.3 Å². The minimum absolute atomic E-state index is 0.441. The minimum Gasteiger partial charge on any atom is -0.423 e. The summed E-state index contributed by atoms with van der Waals surface area (Å²) in [6.45, 7) is 4.82. The maximum absolute atomic E-state index is 5.37. The topological polar surface area (TPSA) is 51.0 Å². The summed E-state index contributed by atoms with van der Waals surface area (Å²) in [5, 5.41) is 11.0. The molecule has 1 rings (SSSR count). The van der Waals surface area contributed by atoms with Gasteiger partial charge in [-0.3, -0.25) is 0 Å². The zero-order chi connectivity index (χ0) is 9.68. The number of hydrogen-bond donors (Lipinski definition) is 1. The van der Waals surface area contributed by atoms with Gasteiger partial charge in [-0.1, -0.05) is 13.8 Å². The molecule has 0 atom stereocenters. The van der Waals surface area contributed by atoms with Gasteiger partial charge in [0.2, 0.25) is 11.8 Å². The van der Waals surface area contributed by atoms with Gasteiger partial charge in [0, 0.05) is 6.04 Å². The third-order valence-electron chi connectivity index (χ3n) is 1.44. The van der Waals surface area contributed by atoms with E-state index in [4.69, 9.17) is 4.42 Å². The molecule has 0 aliphatic rings. The molecule has 0 bridgehead atoms. The van der Waals surface area contributed by atoms with Crippen molar-refractivity contribution in [2.45, 2.75) is 32.2 Å². The van der Waals surface area contributed by atoms with Crippen LogP contribution in [0.3, 0.4) is 0 Å². The van der Waals surface area contributed by atoms with Crippen LogP contribution in [0.25, 0.3) is 0 Å². The molecule has 1 aromatic rings. The Balaban J connectivity index is 2.39. The van der Waals surface area contributed by atoms with E-state index in [1.165, 1.54) is 0 Å². The van der Waals surface area contributed by atoms with E-state index in [1.807, 2.05) is 6.26 Å². The van der Waals surface area contributed by atoms with E-state index in [2.05, 4.69) is 29.4 Å². The van der Waals surface area contributed by atoms with Gasteiger partial charge in [0.1, 0.15) is 0 Å². The van der Waals surface area contributed by atoms with Crippen LogP contribution in [0, 0.1) is 0 Å². The molecule has 0 spiro atoms. The molecule has 0 saturated heterocycles. The second-order valence-electron chi connectivity index (χ2n) is 3.06. The molecule has 0 aliphatic heterocycles. The SMILES string of the molecule is CSCc1nnc(CNC(C)C)o1. The summed E-state index contributed by atoms with van der Waals surface area (Å²) in [6, 6.07) is 0.441. The predicted molar refractivity (Wildman–Crippen MR) is 53.5 cm³/mol. The van der Waals surface area contributed by atoms with Crippen molar-refractivity contribution in [3.8, 4) is 0 Å². The lowest BCUT2D eigenvalue weighted by Crippen LogP contribution is -2.21. The normalized spacial score (nSPS) is 11.1. The van der Waals surface area contributed by atoms with Crippen LogP contribution in [0.15, 0.2) is 4.42 Å². The molecular formula is C8H15N3OS. The Kier molecular flexibility index (Phi) is 4.24. The molecule has 4 nitrogen and oxygen atoms in total. The molecule has 0 saturated carbocycles. The first-order valence-corrected chi connectivity index (χ1v) is 5.65. The summed E-state index contributed by atoms with van der Waals surface area (Å²) in [5.41, 5.74) is 0. The van der Waals surface area contributed by atoms with E-state index in [9.17, 15) is 0 Å². The average molecular weight is 201 g/mol. The molecule has 1 N–H and O–H groups in total. The fourth-order valence-electron chi connectivity index (χ4n) is 0.833. The predicted octanol–water partition coefficient (Wildman–Crippen LogP) is 1.43. The number of thioether (sulfide) groups is 1. The van der Waals surface area contributed by atoms with Gasteiger partial charge in [0.15, 0.2) is 0 Å². The van der Waals surface area contributed by atoms with Gasteiger partial charge in [-0.05, 0) is 6.26 Å². The van der Waals surface area contributed by atoms with Crippen molar-refractivity contribution in [3.63, 3.8) is 0 Å². The van der Waals surface area contributed by atoms with E-state index in [1.54, 1.807) is 11.8 Å². The van der Waals surface area contributed by atoms with Gasteiger partial charge in [0.25, 0.3) is 0 Å². The van der Waals surface area contributed by atoms with Gasteiger partial charge in [-0.25, -0.2) is 0 Å². The lowest BCUT2D eigenvalue weighted by atomic mass is 10.4. The Morgan fingerprint density at radius 2 is 2.08 bits per heavy atom. The van der Waals surface area contributed by atoms with E-state index in [0.717, 1.165) is 5.75 Å². The molecule has 0 fully saturated rings. The first kappa shape index (κ1) is 10.5. The van der Waals surface area contributed by atoms with Crippen molar-refractivity contribution in [2.75, 3.05) is 6.26 Å². The highest BCUT2D eigenvalue weighted by molar-refractivity contribution is 7.97.